The Kier molecular flexibility index (Phi) is 3.91. The van der Waals surface area contributed by atoms with E-state index in [1.807, 2.05) is 4.90 Å². The molecule has 92 valence electrons. The molecule has 0 aromatic heterocycles. The summed E-state index contributed by atoms with van der Waals surface area (Å²) in [7, 11) is 0. The minimum atomic E-state index is -0.760. The van der Waals surface area contributed by atoms with Gasteiger partial charge in [-0.05, 0) is 26.3 Å². The van der Waals surface area contributed by atoms with Crippen LogP contribution in [0, 0.1) is 11.3 Å². The Morgan fingerprint density at radius 1 is 1.56 bits per heavy atom. The van der Waals surface area contributed by atoms with E-state index in [-0.39, 0.29) is 11.8 Å². The van der Waals surface area contributed by atoms with Crippen LogP contribution < -0.4 is 5.73 Å². The number of carbonyl (C=O) groups excluding carboxylic acids is 1. The van der Waals surface area contributed by atoms with Crippen molar-refractivity contribution in [3.05, 3.63) is 0 Å². The van der Waals surface area contributed by atoms with Gasteiger partial charge in [0, 0.05) is 19.0 Å². The Balaban J connectivity index is 2.57. The van der Waals surface area contributed by atoms with Gasteiger partial charge in [0.1, 0.15) is 0 Å². The van der Waals surface area contributed by atoms with E-state index in [2.05, 4.69) is 0 Å². The van der Waals surface area contributed by atoms with Crippen LogP contribution in [0.3, 0.4) is 0 Å². The normalized spacial score (nSPS) is 28.6. The zero-order chi connectivity index (χ0) is 12.3. The van der Waals surface area contributed by atoms with Gasteiger partial charge in [-0.15, -0.1) is 0 Å². The largest absolute Gasteiger partial charge is 0.481 e. The van der Waals surface area contributed by atoms with Crippen LogP contribution >= 0.6 is 0 Å². The molecule has 0 saturated carbocycles. The van der Waals surface area contributed by atoms with Crippen LogP contribution in [-0.4, -0.2) is 41.5 Å². The molecule has 1 amide bonds. The van der Waals surface area contributed by atoms with E-state index in [4.69, 9.17) is 10.8 Å². The lowest BCUT2D eigenvalue weighted by Crippen LogP contribution is -2.48. The summed E-state index contributed by atoms with van der Waals surface area (Å²) in [6.07, 6.45) is 1.55. The highest BCUT2D eigenvalue weighted by Gasteiger charge is 2.38. The quantitative estimate of drug-likeness (QED) is 0.724. The summed E-state index contributed by atoms with van der Waals surface area (Å²) in [4.78, 5) is 24.1. The second-order valence-corrected chi connectivity index (χ2v) is 5.01. The third kappa shape index (κ3) is 2.95. The van der Waals surface area contributed by atoms with Crippen LogP contribution in [0.15, 0.2) is 0 Å². The molecule has 16 heavy (non-hydrogen) atoms. The lowest BCUT2D eigenvalue weighted by atomic mass is 9.82. The van der Waals surface area contributed by atoms with Crippen molar-refractivity contribution < 1.29 is 14.7 Å². The van der Waals surface area contributed by atoms with Gasteiger partial charge in [-0.1, -0.05) is 6.92 Å². The molecule has 0 aromatic rings. The summed E-state index contributed by atoms with van der Waals surface area (Å²) in [5.41, 5.74) is 4.51. The number of primary amides is 1. The number of likely N-dealkylation sites (tertiary alicyclic amines) is 1. The van der Waals surface area contributed by atoms with Crippen molar-refractivity contribution in [3.8, 4) is 0 Å². The Hall–Kier alpha value is -1.10. The molecule has 2 unspecified atom stereocenters. The molecule has 2 atom stereocenters. The van der Waals surface area contributed by atoms with Gasteiger partial charge in [0.15, 0.2) is 0 Å². The number of amides is 1. The standard InChI is InChI=1S/C11H20N2O3/c1-8(9(12)14)6-13-5-3-4-11(2,7-13)10(15)16/h8H,3-7H2,1-2H3,(H2,12,14)(H,15,16). The van der Waals surface area contributed by atoms with Crippen LogP contribution in [0.5, 0.6) is 0 Å². The first-order valence-corrected chi connectivity index (χ1v) is 5.60. The van der Waals surface area contributed by atoms with Gasteiger partial charge in [0.05, 0.1) is 5.41 Å². The number of nitrogens with two attached hydrogens (primary N) is 1. The van der Waals surface area contributed by atoms with E-state index in [0.29, 0.717) is 19.5 Å². The monoisotopic (exact) mass is 228 g/mol. The number of nitrogens with zero attached hydrogens (tertiary/aromatic N) is 1. The number of piperidine rings is 1. The van der Waals surface area contributed by atoms with E-state index >= 15 is 0 Å². The molecule has 1 aliphatic heterocycles. The summed E-state index contributed by atoms with van der Waals surface area (Å²) in [5, 5.41) is 9.14. The van der Waals surface area contributed by atoms with Gasteiger partial charge in [0.25, 0.3) is 0 Å². The molecular weight excluding hydrogens is 208 g/mol. The van der Waals surface area contributed by atoms with Gasteiger partial charge in [-0.3, -0.25) is 9.59 Å². The second-order valence-electron chi connectivity index (χ2n) is 5.01. The van der Waals surface area contributed by atoms with Crippen molar-refractivity contribution in [2.45, 2.75) is 26.7 Å². The van der Waals surface area contributed by atoms with Crippen molar-refractivity contribution in [1.29, 1.82) is 0 Å². The molecule has 0 bridgehead atoms. The maximum atomic E-state index is 11.1. The van der Waals surface area contributed by atoms with Gasteiger partial charge in [0.2, 0.25) is 5.91 Å². The van der Waals surface area contributed by atoms with E-state index < -0.39 is 11.4 Å². The van der Waals surface area contributed by atoms with Crippen molar-refractivity contribution >= 4 is 11.9 Å². The number of hydrogen-bond acceptors (Lipinski definition) is 3. The Morgan fingerprint density at radius 3 is 2.69 bits per heavy atom. The minimum Gasteiger partial charge on any atom is -0.481 e. The SMILES string of the molecule is CC(CN1CCCC(C)(C(=O)O)C1)C(N)=O. The van der Waals surface area contributed by atoms with Gasteiger partial charge >= 0.3 is 5.97 Å². The average molecular weight is 228 g/mol. The molecule has 3 N–H and O–H groups in total. The summed E-state index contributed by atoms with van der Waals surface area (Å²) < 4.78 is 0. The molecule has 1 aliphatic rings. The predicted octanol–water partition coefficient (Wildman–Crippen LogP) is 0.295. The molecule has 0 aliphatic carbocycles. The summed E-state index contributed by atoms with van der Waals surface area (Å²) in [6.45, 7) is 5.43. The fourth-order valence-corrected chi connectivity index (χ4v) is 2.15. The molecule has 1 heterocycles. The van der Waals surface area contributed by atoms with E-state index in [1.54, 1.807) is 13.8 Å². The van der Waals surface area contributed by atoms with Crippen LogP contribution in [0.25, 0.3) is 0 Å². The molecule has 0 aromatic carbocycles. The first-order valence-electron chi connectivity index (χ1n) is 5.60. The molecule has 0 radical (unpaired) electrons. The molecule has 1 fully saturated rings. The maximum absolute atomic E-state index is 11.1. The lowest BCUT2D eigenvalue weighted by molar-refractivity contribution is -0.151. The van der Waals surface area contributed by atoms with E-state index in [9.17, 15) is 9.59 Å². The Labute approximate surface area is 95.6 Å². The summed E-state index contributed by atoms with van der Waals surface area (Å²) in [6, 6.07) is 0. The van der Waals surface area contributed by atoms with Crippen molar-refractivity contribution in [2.75, 3.05) is 19.6 Å². The number of rotatable bonds is 4. The number of hydrogen-bond donors (Lipinski definition) is 2. The Bertz CT molecular complexity index is 293. The highest BCUT2D eigenvalue weighted by atomic mass is 16.4. The van der Waals surface area contributed by atoms with Crippen molar-refractivity contribution in [3.63, 3.8) is 0 Å². The van der Waals surface area contributed by atoms with Crippen molar-refractivity contribution in [1.82, 2.24) is 4.90 Å². The highest BCUT2D eigenvalue weighted by molar-refractivity contribution is 5.76. The van der Waals surface area contributed by atoms with E-state index in [0.717, 1.165) is 13.0 Å². The fourth-order valence-electron chi connectivity index (χ4n) is 2.15. The summed E-state index contributed by atoms with van der Waals surface area (Å²) in [5.74, 6) is -1.32. The van der Waals surface area contributed by atoms with E-state index in [1.165, 1.54) is 0 Å². The smallest absolute Gasteiger partial charge is 0.310 e. The van der Waals surface area contributed by atoms with Crippen LogP contribution in [0.2, 0.25) is 0 Å². The molecule has 1 saturated heterocycles. The second kappa shape index (κ2) is 4.82. The lowest BCUT2D eigenvalue weighted by Gasteiger charge is -2.38. The maximum Gasteiger partial charge on any atom is 0.310 e. The molecule has 5 nitrogen and oxygen atoms in total. The Morgan fingerprint density at radius 2 is 2.19 bits per heavy atom. The first-order chi connectivity index (χ1) is 7.35. The molecular formula is C11H20N2O3. The van der Waals surface area contributed by atoms with Gasteiger partial charge < -0.3 is 15.7 Å². The number of carboxylic acids is 1. The number of aliphatic carboxylic acids is 1. The third-order valence-electron chi connectivity index (χ3n) is 3.31. The topological polar surface area (TPSA) is 83.6 Å². The van der Waals surface area contributed by atoms with Crippen molar-refractivity contribution in [2.24, 2.45) is 17.1 Å². The molecule has 5 heteroatoms. The zero-order valence-electron chi connectivity index (χ0n) is 9.90. The third-order valence-corrected chi connectivity index (χ3v) is 3.31. The molecule has 0 spiro atoms. The highest BCUT2D eigenvalue weighted by Crippen LogP contribution is 2.29. The van der Waals surface area contributed by atoms with Gasteiger partial charge in [-0.25, -0.2) is 0 Å². The minimum absolute atomic E-state index is 0.226. The average Bonchev–Trinajstić information content (AvgIpc) is 2.17. The predicted molar refractivity (Wildman–Crippen MR) is 59.8 cm³/mol. The number of carboxylic acid groups (broad SMARTS) is 1. The summed E-state index contributed by atoms with van der Waals surface area (Å²) >= 11 is 0. The van der Waals surface area contributed by atoms with Crippen LogP contribution in [-0.2, 0) is 9.59 Å². The fraction of sp³-hybridized carbons (Fsp3) is 0.818. The number of carbonyl (C=O) groups is 2. The zero-order valence-corrected chi connectivity index (χ0v) is 9.90. The van der Waals surface area contributed by atoms with Crippen LogP contribution in [0.4, 0.5) is 0 Å². The van der Waals surface area contributed by atoms with Crippen LogP contribution in [0.1, 0.15) is 26.7 Å². The molecule has 1 rings (SSSR count). The first kappa shape index (κ1) is 13.0. The van der Waals surface area contributed by atoms with Gasteiger partial charge in [-0.2, -0.15) is 0 Å².